The molecule has 1 N–H and O–H groups in total. The molecule has 32 heavy (non-hydrogen) atoms. The van der Waals surface area contributed by atoms with Gasteiger partial charge in [-0.2, -0.15) is 4.80 Å². The number of piperidine rings is 1. The summed E-state index contributed by atoms with van der Waals surface area (Å²) < 4.78 is 33.5. The summed E-state index contributed by atoms with van der Waals surface area (Å²) in [4.78, 5) is 15.9. The predicted octanol–water partition coefficient (Wildman–Crippen LogP) is 3.24. The van der Waals surface area contributed by atoms with Gasteiger partial charge in [-0.1, -0.05) is 12.1 Å². The van der Waals surface area contributed by atoms with Crippen LogP contribution in [-0.4, -0.2) is 68.1 Å². The molecular weight excluding hydrogens is 418 g/mol. The van der Waals surface area contributed by atoms with E-state index in [9.17, 15) is 13.6 Å². The quantitative estimate of drug-likeness (QED) is 0.773. The van der Waals surface area contributed by atoms with E-state index in [-0.39, 0.29) is 42.8 Å². The highest BCUT2D eigenvalue weighted by Crippen LogP contribution is 2.43. The molecule has 1 amide bonds. The van der Waals surface area contributed by atoms with Crippen molar-refractivity contribution >= 4 is 6.09 Å². The Balaban J connectivity index is 1.51. The monoisotopic (exact) mass is 448 g/mol. The second-order valence-electron chi connectivity index (χ2n) is 9.74. The number of hydrogen-bond acceptors (Lipinski definition) is 6. The Hall–Kier alpha value is -2.62. The van der Waals surface area contributed by atoms with Gasteiger partial charge in [0, 0.05) is 31.6 Å². The van der Waals surface area contributed by atoms with Gasteiger partial charge >= 0.3 is 6.09 Å². The van der Waals surface area contributed by atoms with E-state index >= 15 is 0 Å². The van der Waals surface area contributed by atoms with Crippen molar-refractivity contribution in [3.8, 4) is 0 Å². The smallest absolute Gasteiger partial charge is 0.407 e. The molecular formula is C22H30F2N6O2. The lowest BCUT2D eigenvalue weighted by Crippen LogP contribution is -2.56. The second kappa shape index (κ2) is 9.09. The first-order valence-electron chi connectivity index (χ1n) is 11.0. The maximum atomic E-state index is 14.7. The number of benzene rings is 1. The van der Waals surface area contributed by atoms with E-state index in [1.807, 2.05) is 0 Å². The Bertz CT molecular complexity index is 902. The van der Waals surface area contributed by atoms with Crippen molar-refractivity contribution in [1.82, 2.24) is 30.4 Å². The third-order valence-corrected chi connectivity index (χ3v) is 6.12. The van der Waals surface area contributed by atoms with E-state index in [2.05, 4.69) is 25.6 Å². The van der Waals surface area contributed by atoms with E-state index in [0.29, 0.717) is 6.54 Å². The van der Waals surface area contributed by atoms with Gasteiger partial charge < -0.3 is 10.1 Å². The van der Waals surface area contributed by atoms with Crippen LogP contribution in [-0.2, 0) is 4.74 Å². The zero-order chi connectivity index (χ0) is 22.9. The first-order valence-corrected chi connectivity index (χ1v) is 11.0. The SMILES string of the molecule is CC(C)(C)OC(=O)N[C@@H]1C[C@@H](F)CN(C2CC(c3ccc(F)cc3)CC2n2ncnn2)C1. The van der Waals surface area contributed by atoms with Crippen LogP contribution in [0.3, 0.4) is 0 Å². The largest absolute Gasteiger partial charge is 0.444 e. The topological polar surface area (TPSA) is 85.2 Å². The maximum Gasteiger partial charge on any atom is 0.407 e. The van der Waals surface area contributed by atoms with Crippen molar-refractivity contribution in [2.24, 2.45) is 0 Å². The number of halogens is 2. The molecule has 1 aliphatic carbocycles. The average molecular weight is 449 g/mol. The molecule has 8 nitrogen and oxygen atoms in total. The minimum Gasteiger partial charge on any atom is -0.444 e. The van der Waals surface area contributed by atoms with Crippen LogP contribution in [0.1, 0.15) is 57.6 Å². The summed E-state index contributed by atoms with van der Waals surface area (Å²) in [6, 6.07) is 6.03. The zero-order valence-corrected chi connectivity index (χ0v) is 18.6. The van der Waals surface area contributed by atoms with Crippen LogP contribution in [0.5, 0.6) is 0 Å². The third kappa shape index (κ3) is 5.40. The Morgan fingerprint density at radius 3 is 2.50 bits per heavy atom. The number of hydrogen-bond donors (Lipinski definition) is 1. The number of carbonyl (C=O) groups excluding carboxylic acids is 1. The summed E-state index contributed by atoms with van der Waals surface area (Å²) in [5.74, 6) is -0.112. The molecule has 10 heteroatoms. The lowest BCUT2D eigenvalue weighted by Gasteiger charge is -2.40. The van der Waals surface area contributed by atoms with Crippen LogP contribution in [0.25, 0.3) is 0 Å². The Labute approximate surface area is 186 Å². The Morgan fingerprint density at radius 2 is 1.84 bits per heavy atom. The van der Waals surface area contributed by atoms with Gasteiger partial charge in [-0.05, 0) is 62.4 Å². The van der Waals surface area contributed by atoms with Crippen molar-refractivity contribution in [2.45, 2.75) is 75.8 Å². The summed E-state index contributed by atoms with van der Waals surface area (Å²) in [5.41, 5.74) is 0.418. The number of aromatic nitrogens is 4. The fourth-order valence-electron chi connectivity index (χ4n) is 4.89. The minimum absolute atomic E-state index is 0.0410. The van der Waals surface area contributed by atoms with Crippen molar-refractivity contribution in [2.75, 3.05) is 13.1 Å². The number of amides is 1. The van der Waals surface area contributed by atoms with Crippen molar-refractivity contribution in [3.05, 3.63) is 42.0 Å². The normalized spacial score (nSPS) is 29.1. The van der Waals surface area contributed by atoms with Gasteiger partial charge in [0.2, 0.25) is 0 Å². The Kier molecular flexibility index (Phi) is 6.41. The fourth-order valence-corrected chi connectivity index (χ4v) is 4.89. The van der Waals surface area contributed by atoms with Gasteiger partial charge in [0.25, 0.3) is 0 Å². The number of nitrogens with one attached hydrogen (secondary N) is 1. The number of tetrazole rings is 1. The summed E-state index contributed by atoms with van der Waals surface area (Å²) in [7, 11) is 0. The molecule has 2 fully saturated rings. The zero-order valence-electron chi connectivity index (χ0n) is 18.6. The van der Waals surface area contributed by atoms with E-state index in [0.717, 1.165) is 18.4 Å². The van der Waals surface area contributed by atoms with Crippen LogP contribution >= 0.6 is 0 Å². The molecule has 0 spiro atoms. The lowest BCUT2D eigenvalue weighted by atomic mass is 9.96. The summed E-state index contributed by atoms with van der Waals surface area (Å²) >= 11 is 0. The van der Waals surface area contributed by atoms with Crippen molar-refractivity contribution in [3.63, 3.8) is 0 Å². The molecule has 5 atom stereocenters. The van der Waals surface area contributed by atoms with E-state index in [4.69, 9.17) is 4.74 Å². The molecule has 1 aromatic carbocycles. The number of alkyl carbamates (subject to hydrolysis) is 1. The molecule has 174 valence electrons. The number of nitrogens with zero attached hydrogens (tertiary/aromatic N) is 5. The van der Waals surface area contributed by atoms with E-state index in [1.165, 1.54) is 18.5 Å². The molecule has 2 aliphatic rings. The summed E-state index contributed by atoms with van der Waals surface area (Å²) in [5, 5.41) is 15.0. The van der Waals surface area contributed by atoms with Crippen LogP contribution in [0.2, 0.25) is 0 Å². The average Bonchev–Trinajstić information content (AvgIpc) is 3.36. The summed E-state index contributed by atoms with van der Waals surface area (Å²) in [6.45, 7) is 6.16. The molecule has 1 aliphatic heterocycles. The van der Waals surface area contributed by atoms with E-state index in [1.54, 1.807) is 37.7 Å². The molecule has 0 bridgehead atoms. The van der Waals surface area contributed by atoms with Crippen molar-refractivity contribution < 1.29 is 18.3 Å². The van der Waals surface area contributed by atoms with Crippen LogP contribution in [0.15, 0.2) is 30.6 Å². The molecule has 2 aromatic rings. The van der Waals surface area contributed by atoms with Gasteiger partial charge in [-0.15, -0.1) is 10.2 Å². The Morgan fingerprint density at radius 1 is 1.12 bits per heavy atom. The van der Waals surface area contributed by atoms with E-state index < -0.39 is 17.9 Å². The van der Waals surface area contributed by atoms with Gasteiger partial charge in [0.05, 0.1) is 6.04 Å². The molecule has 3 unspecified atom stereocenters. The number of rotatable bonds is 4. The van der Waals surface area contributed by atoms with Crippen molar-refractivity contribution in [1.29, 1.82) is 0 Å². The van der Waals surface area contributed by atoms with Gasteiger partial charge in [-0.25, -0.2) is 13.6 Å². The van der Waals surface area contributed by atoms with Crippen LogP contribution < -0.4 is 5.32 Å². The third-order valence-electron chi connectivity index (χ3n) is 6.12. The van der Waals surface area contributed by atoms with Crippen LogP contribution in [0, 0.1) is 5.82 Å². The number of ether oxygens (including phenoxy) is 1. The highest BCUT2D eigenvalue weighted by molar-refractivity contribution is 5.68. The maximum absolute atomic E-state index is 14.7. The standard InChI is InChI=1S/C22H30F2N6O2/c1-22(2,3)32-21(31)27-18-10-17(24)11-29(12-18)19-8-15(14-4-6-16(23)7-5-14)9-20(19)30-26-13-25-28-30/h4-7,13,15,17-20H,8-12H2,1-3H3,(H,27,31)/t15?,17-,18-,19?,20?/m1/s1. The van der Waals surface area contributed by atoms with Gasteiger partial charge in [0.1, 0.15) is 17.6 Å². The number of likely N-dealkylation sites (tertiary alicyclic amines) is 1. The molecule has 1 aromatic heterocycles. The molecule has 0 radical (unpaired) electrons. The first-order chi connectivity index (χ1) is 15.2. The lowest BCUT2D eigenvalue weighted by molar-refractivity contribution is 0.0332. The molecule has 2 heterocycles. The van der Waals surface area contributed by atoms with Crippen LogP contribution in [0.4, 0.5) is 13.6 Å². The summed E-state index contributed by atoms with van der Waals surface area (Å²) in [6.07, 6.45) is 1.52. The minimum atomic E-state index is -1.07. The molecule has 1 saturated carbocycles. The second-order valence-corrected chi connectivity index (χ2v) is 9.74. The molecule has 1 saturated heterocycles. The highest BCUT2D eigenvalue weighted by atomic mass is 19.1. The highest BCUT2D eigenvalue weighted by Gasteiger charge is 2.43. The molecule has 4 rings (SSSR count). The van der Waals surface area contributed by atoms with Gasteiger partial charge in [-0.3, -0.25) is 4.90 Å². The number of alkyl halides is 1. The first kappa shape index (κ1) is 22.6. The number of carbonyl (C=O) groups is 1. The van der Waals surface area contributed by atoms with Gasteiger partial charge in [0.15, 0.2) is 6.33 Å². The predicted molar refractivity (Wildman–Crippen MR) is 113 cm³/mol. The fraction of sp³-hybridized carbons (Fsp3) is 0.636.